The zero-order chi connectivity index (χ0) is 19.6. The molecule has 0 bridgehead atoms. The molecule has 0 aromatic heterocycles. The van der Waals surface area contributed by atoms with Crippen LogP contribution in [0.5, 0.6) is 5.75 Å². The van der Waals surface area contributed by atoms with E-state index >= 15 is 0 Å². The first-order valence-electron chi connectivity index (χ1n) is 11.2. The number of carbonyl (C=O) groups excluding carboxylic acids is 1. The maximum absolute atomic E-state index is 13.0. The Bertz CT molecular complexity index is 688. The van der Waals surface area contributed by atoms with Crippen LogP contribution in [0.2, 0.25) is 0 Å². The van der Waals surface area contributed by atoms with Crippen molar-refractivity contribution < 1.29 is 19.5 Å². The molecule has 0 spiro atoms. The smallest absolute Gasteiger partial charge is 0.277 e. The summed E-state index contributed by atoms with van der Waals surface area (Å²) in [6.45, 7) is 5.81. The van der Waals surface area contributed by atoms with Crippen LogP contribution in [0.3, 0.4) is 0 Å². The van der Waals surface area contributed by atoms with Crippen LogP contribution in [-0.2, 0) is 4.79 Å². The minimum absolute atomic E-state index is 0.119. The number of hydrogen-bond donors (Lipinski definition) is 2. The van der Waals surface area contributed by atoms with Crippen LogP contribution < -0.4 is 9.64 Å². The van der Waals surface area contributed by atoms with E-state index in [1.807, 2.05) is 24.0 Å². The predicted octanol–water partition coefficient (Wildman–Crippen LogP) is 1.96. The zero-order valence-corrected chi connectivity index (χ0v) is 17.2. The summed E-state index contributed by atoms with van der Waals surface area (Å²) in [5.41, 5.74) is 0.571. The van der Waals surface area contributed by atoms with Crippen LogP contribution in [-0.4, -0.2) is 54.3 Å². The molecule has 154 valence electrons. The molecule has 4 rings (SSSR count). The normalized spacial score (nSPS) is 32.8. The van der Waals surface area contributed by atoms with Crippen molar-refractivity contribution in [2.45, 2.75) is 63.5 Å². The second-order valence-corrected chi connectivity index (χ2v) is 8.83. The van der Waals surface area contributed by atoms with Gasteiger partial charge in [0.05, 0.1) is 24.3 Å². The number of likely N-dealkylation sites (tertiary alicyclic amines) is 2. The van der Waals surface area contributed by atoms with E-state index in [2.05, 4.69) is 12.1 Å². The van der Waals surface area contributed by atoms with E-state index < -0.39 is 5.60 Å². The molecule has 5 heteroatoms. The third-order valence-electron chi connectivity index (χ3n) is 7.18. The van der Waals surface area contributed by atoms with Gasteiger partial charge in [0, 0.05) is 25.4 Å². The number of piperidine rings is 1. The molecule has 1 aliphatic carbocycles. The van der Waals surface area contributed by atoms with Gasteiger partial charge >= 0.3 is 0 Å². The highest BCUT2D eigenvalue weighted by molar-refractivity contribution is 5.77. The Kier molecular flexibility index (Phi) is 5.93. The Morgan fingerprint density at radius 2 is 2.00 bits per heavy atom. The van der Waals surface area contributed by atoms with Gasteiger partial charge in [-0.3, -0.25) is 4.79 Å². The van der Waals surface area contributed by atoms with Crippen LogP contribution >= 0.6 is 0 Å². The summed E-state index contributed by atoms with van der Waals surface area (Å²) >= 11 is 0. The van der Waals surface area contributed by atoms with Crippen molar-refractivity contribution in [1.82, 2.24) is 4.90 Å². The summed E-state index contributed by atoms with van der Waals surface area (Å²) in [5.74, 6) is 1.38. The lowest BCUT2D eigenvalue weighted by Crippen LogP contribution is -3.16. The number of para-hydroxylation sites is 1. The van der Waals surface area contributed by atoms with E-state index in [1.165, 1.54) is 10.5 Å². The summed E-state index contributed by atoms with van der Waals surface area (Å²) < 4.78 is 5.97. The number of nitrogens with zero attached hydrogens (tertiary/aromatic N) is 1. The molecule has 2 aliphatic heterocycles. The molecule has 1 aromatic carbocycles. The number of nitrogens with one attached hydrogen (secondary N) is 1. The Morgan fingerprint density at radius 1 is 1.21 bits per heavy atom. The molecule has 28 heavy (non-hydrogen) atoms. The lowest BCUT2D eigenvalue weighted by Gasteiger charge is -2.50. The number of rotatable bonds is 5. The fourth-order valence-electron chi connectivity index (χ4n) is 5.79. The summed E-state index contributed by atoms with van der Waals surface area (Å²) in [5, 5.41) is 11.5. The zero-order valence-electron chi connectivity index (χ0n) is 17.2. The fraction of sp³-hybridized carbons (Fsp3) is 0.696. The van der Waals surface area contributed by atoms with Crippen LogP contribution in [0.15, 0.2) is 24.3 Å². The van der Waals surface area contributed by atoms with Gasteiger partial charge in [0.15, 0.2) is 6.54 Å². The van der Waals surface area contributed by atoms with Gasteiger partial charge in [-0.05, 0) is 44.7 Å². The van der Waals surface area contributed by atoms with Crippen molar-refractivity contribution in [3.8, 4) is 5.75 Å². The molecular weight excluding hydrogens is 352 g/mol. The van der Waals surface area contributed by atoms with Gasteiger partial charge in [0.25, 0.3) is 5.91 Å². The SMILES string of the molecule is CCOc1ccccc1[C@@H]1[C@@H]2CCCC[C@@]2(O)CC[NH+]1CC(=O)N1CCCC1. The summed E-state index contributed by atoms with van der Waals surface area (Å²) in [7, 11) is 0. The van der Waals surface area contributed by atoms with E-state index in [4.69, 9.17) is 4.74 Å². The molecule has 2 heterocycles. The second-order valence-electron chi connectivity index (χ2n) is 8.83. The number of ether oxygens (including phenoxy) is 1. The van der Waals surface area contributed by atoms with Crippen LogP contribution in [0, 0.1) is 5.92 Å². The van der Waals surface area contributed by atoms with Gasteiger partial charge in [-0.2, -0.15) is 0 Å². The molecule has 4 atom stereocenters. The highest BCUT2D eigenvalue weighted by atomic mass is 16.5. The van der Waals surface area contributed by atoms with Crippen molar-refractivity contribution in [2.75, 3.05) is 32.8 Å². The fourth-order valence-corrected chi connectivity index (χ4v) is 5.79. The Hall–Kier alpha value is -1.59. The maximum Gasteiger partial charge on any atom is 0.277 e. The van der Waals surface area contributed by atoms with Crippen LogP contribution in [0.25, 0.3) is 0 Å². The minimum atomic E-state index is -0.595. The summed E-state index contributed by atoms with van der Waals surface area (Å²) in [6, 6.07) is 8.38. The standard InChI is InChI=1S/C23H34N2O3/c1-2-28-20-11-4-3-9-18(20)22-19-10-5-6-12-23(19,27)13-16-25(22)17-21(26)24-14-7-8-15-24/h3-4,9,11,19,22,27H,2,5-8,10,12-17H2,1H3/p+1/t19-,22+,23+/m0/s1. The minimum Gasteiger partial charge on any atom is -0.493 e. The molecule has 3 fully saturated rings. The molecule has 3 aliphatic rings. The van der Waals surface area contributed by atoms with E-state index in [0.29, 0.717) is 13.2 Å². The quantitative estimate of drug-likeness (QED) is 0.812. The van der Waals surface area contributed by atoms with Crippen molar-refractivity contribution >= 4 is 5.91 Å². The number of hydrogen-bond acceptors (Lipinski definition) is 3. The molecule has 0 radical (unpaired) electrons. The average molecular weight is 388 g/mol. The molecule has 5 nitrogen and oxygen atoms in total. The third kappa shape index (κ3) is 3.79. The van der Waals surface area contributed by atoms with Gasteiger partial charge in [0.1, 0.15) is 11.8 Å². The molecule has 2 N–H and O–H groups in total. The number of aliphatic hydroxyl groups is 1. The largest absolute Gasteiger partial charge is 0.493 e. The Labute approximate surface area is 168 Å². The van der Waals surface area contributed by atoms with E-state index in [0.717, 1.165) is 70.3 Å². The highest BCUT2D eigenvalue weighted by Crippen LogP contribution is 2.45. The van der Waals surface area contributed by atoms with E-state index in [-0.39, 0.29) is 17.9 Å². The predicted molar refractivity (Wildman–Crippen MR) is 108 cm³/mol. The van der Waals surface area contributed by atoms with Gasteiger partial charge in [-0.15, -0.1) is 0 Å². The number of fused-ring (bicyclic) bond motifs is 1. The lowest BCUT2D eigenvalue weighted by atomic mass is 9.66. The number of benzene rings is 1. The summed E-state index contributed by atoms with van der Waals surface area (Å²) in [4.78, 5) is 16.3. The van der Waals surface area contributed by atoms with Crippen LogP contribution in [0.4, 0.5) is 0 Å². The molecular formula is C23H35N2O3+. The molecule has 1 unspecified atom stereocenters. The molecule has 2 saturated heterocycles. The third-order valence-corrected chi connectivity index (χ3v) is 7.18. The first-order chi connectivity index (χ1) is 13.6. The number of amides is 1. The topological polar surface area (TPSA) is 54.2 Å². The molecule has 1 amide bonds. The lowest BCUT2D eigenvalue weighted by molar-refractivity contribution is -0.938. The first-order valence-corrected chi connectivity index (χ1v) is 11.2. The summed E-state index contributed by atoms with van der Waals surface area (Å²) in [6.07, 6.45) is 7.23. The van der Waals surface area contributed by atoms with Crippen LogP contribution in [0.1, 0.15) is 63.5 Å². The average Bonchev–Trinajstić information content (AvgIpc) is 3.24. The molecule has 1 saturated carbocycles. The highest BCUT2D eigenvalue weighted by Gasteiger charge is 2.52. The maximum atomic E-state index is 13.0. The Morgan fingerprint density at radius 3 is 2.79 bits per heavy atom. The van der Waals surface area contributed by atoms with Gasteiger partial charge < -0.3 is 19.6 Å². The van der Waals surface area contributed by atoms with Crippen molar-refractivity contribution in [1.29, 1.82) is 0 Å². The van der Waals surface area contributed by atoms with Crippen molar-refractivity contribution in [3.63, 3.8) is 0 Å². The number of carbonyl (C=O) groups is 1. The van der Waals surface area contributed by atoms with E-state index in [9.17, 15) is 9.90 Å². The van der Waals surface area contributed by atoms with Gasteiger partial charge in [-0.1, -0.05) is 25.0 Å². The second kappa shape index (κ2) is 8.42. The monoisotopic (exact) mass is 387 g/mol. The number of quaternary nitrogens is 1. The first kappa shape index (κ1) is 19.7. The molecule has 1 aromatic rings. The van der Waals surface area contributed by atoms with Gasteiger partial charge in [0.2, 0.25) is 0 Å². The van der Waals surface area contributed by atoms with Crippen molar-refractivity contribution in [3.05, 3.63) is 29.8 Å². The van der Waals surface area contributed by atoms with E-state index in [1.54, 1.807) is 0 Å². The Balaban J connectivity index is 1.65. The van der Waals surface area contributed by atoms with Gasteiger partial charge in [-0.25, -0.2) is 0 Å². The van der Waals surface area contributed by atoms with Crippen molar-refractivity contribution in [2.24, 2.45) is 5.92 Å².